The number of nitriles is 2. The Labute approximate surface area is 275 Å². The monoisotopic (exact) mass is 745 g/mol. The first-order valence-electron chi connectivity index (χ1n) is 14.0. The molecule has 0 radical (unpaired) electrons. The van der Waals surface area contributed by atoms with Crippen molar-refractivity contribution in [3.8, 4) is 12.1 Å². The molecule has 0 saturated heterocycles. The summed E-state index contributed by atoms with van der Waals surface area (Å²) in [7, 11) is 0. The van der Waals surface area contributed by atoms with Crippen LogP contribution in [-0.4, -0.2) is 60.2 Å². The fraction of sp³-hybridized carbons (Fsp3) is 0.118. The second kappa shape index (κ2) is 12.7. The number of aryl methyl sites for hydroxylation is 1. The van der Waals surface area contributed by atoms with Crippen molar-refractivity contribution in [1.82, 2.24) is 0 Å². The molecule has 5 aromatic rings. The summed E-state index contributed by atoms with van der Waals surface area (Å²) in [6.45, 7) is 0.155. The first kappa shape index (κ1) is 30.9. The van der Waals surface area contributed by atoms with Crippen LogP contribution in [-0.2, 0) is 16.1 Å². The zero-order chi connectivity index (χ0) is 32.5. The molecule has 2 heterocycles. The summed E-state index contributed by atoms with van der Waals surface area (Å²) in [5.41, 5.74) is 1.84. The van der Waals surface area contributed by atoms with Crippen LogP contribution in [0.4, 0.5) is 5.69 Å². The number of anilines is 1. The Bertz CT molecular complexity index is 2280. The number of aliphatic carboxylic acids is 2. The van der Waals surface area contributed by atoms with Crippen LogP contribution in [0.2, 0.25) is 0 Å². The number of carboxylic acid groups (broad SMARTS) is 3. The predicted molar refractivity (Wildman–Crippen MR) is 173 cm³/mol. The van der Waals surface area contributed by atoms with Crippen LogP contribution in [0, 0.1) is 22.7 Å². The summed E-state index contributed by atoms with van der Waals surface area (Å²) in [6, 6.07) is 24.9. The van der Waals surface area contributed by atoms with Gasteiger partial charge < -0.3 is 0 Å². The maximum absolute atomic E-state index is 11.8. The first-order chi connectivity index (χ1) is 22.2. The Hall–Kier alpha value is -5.12. The van der Waals surface area contributed by atoms with Gasteiger partial charge in [-0.25, -0.2) is 0 Å². The summed E-state index contributed by atoms with van der Waals surface area (Å²) >= 11 is -0.112. The number of rotatable bonds is 9. The molecule has 0 spiro atoms. The molecule has 0 fully saturated rings. The van der Waals surface area contributed by atoms with E-state index < -0.39 is 38.3 Å². The van der Waals surface area contributed by atoms with Gasteiger partial charge in [0, 0.05) is 0 Å². The van der Waals surface area contributed by atoms with Crippen molar-refractivity contribution in [2.24, 2.45) is 0 Å². The number of thioether (sulfide) groups is 1. The number of carbonyl (C=O) groups is 3. The fourth-order valence-electron chi connectivity index (χ4n) is 5.61. The Balaban J connectivity index is 1.59. The van der Waals surface area contributed by atoms with Gasteiger partial charge in [0.15, 0.2) is 0 Å². The van der Waals surface area contributed by atoms with E-state index in [1.165, 1.54) is 18.2 Å². The van der Waals surface area contributed by atoms with Crippen molar-refractivity contribution in [3.05, 3.63) is 92.7 Å². The van der Waals surface area contributed by atoms with Crippen LogP contribution in [0.1, 0.15) is 26.9 Å². The van der Waals surface area contributed by atoms with Gasteiger partial charge in [-0.1, -0.05) is 0 Å². The van der Waals surface area contributed by atoms with Crippen molar-refractivity contribution in [3.63, 3.8) is 0 Å². The maximum atomic E-state index is 11.8. The SMILES string of the molecule is N#C/C(=C\C(C#N)=C1/Sc2cc(C(=O)O)ccc2N1CCC(=O)O)c1[te]c2c3ccccc3c3ccccc3c2[n+]1CCC(=O)O. The molecule has 226 valence electrons. The summed E-state index contributed by atoms with van der Waals surface area (Å²) in [5.74, 6) is -3.13. The Morgan fingerprint density at radius 2 is 1.52 bits per heavy atom. The molecule has 0 unspecified atom stereocenters. The molecule has 1 aliphatic heterocycles. The number of carboxylic acids is 3. The number of hydrogen-bond donors (Lipinski definition) is 3. The number of fused-ring (bicyclic) bond motifs is 7. The second-order valence-corrected chi connectivity index (χ2v) is 14.2. The number of allylic oxidation sites excluding steroid dienone is 3. The Kier molecular flexibility index (Phi) is 8.53. The van der Waals surface area contributed by atoms with Crippen molar-refractivity contribution >= 4 is 91.8 Å². The molecule has 3 N–H and O–H groups in total. The molecule has 0 bridgehead atoms. The standard InChI is InChI=1S/C34H22N4O6STe/c35-17-20(32-37(13-11-28(39)40)26-10-9-19(34(43)44)16-27(26)45-32)15-21(18-36)33-38(14-12-29(41)42)30-24-7-3-1-5-22(24)23-6-2-4-8-25(23)31(30)46-33/h1-10,15-16H,11-14H2,(H2-,39,40,41,42,43,44)/p+1. The van der Waals surface area contributed by atoms with Gasteiger partial charge in [-0.05, 0) is 0 Å². The van der Waals surface area contributed by atoms with E-state index in [2.05, 4.69) is 18.2 Å². The third-order valence-electron chi connectivity index (χ3n) is 7.61. The van der Waals surface area contributed by atoms with Crippen LogP contribution in [0.3, 0.4) is 0 Å². The van der Waals surface area contributed by atoms with Crippen LogP contribution >= 0.6 is 11.8 Å². The van der Waals surface area contributed by atoms with Crippen LogP contribution in [0.25, 0.3) is 36.0 Å². The first-order valence-corrected chi connectivity index (χ1v) is 17.1. The zero-order valence-electron chi connectivity index (χ0n) is 23.9. The normalized spacial score (nSPS) is 13.9. The third-order valence-corrected chi connectivity index (χ3v) is 12.4. The van der Waals surface area contributed by atoms with E-state index in [0.29, 0.717) is 19.3 Å². The van der Waals surface area contributed by atoms with E-state index in [-0.39, 0.29) is 42.6 Å². The topological polar surface area (TPSA) is 167 Å². The average molecular weight is 743 g/mol. The average Bonchev–Trinajstić information content (AvgIpc) is 3.62. The van der Waals surface area contributed by atoms with E-state index in [9.17, 15) is 40.2 Å². The number of nitrogens with zero attached hydrogens (tertiary/aromatic N) is 4. The second-order valence-electron chi connectivity index (χ2n) is 10.4. The van der Waals surface area contributed by atoms with Crippen LogP contribution < -0.4 is 9.47 Å². The molecule has 0 aliphatic carbocycles. The minimum atomic E-state index is -1.26. The molecule has 0 amide bonds. The predicted octanol–water partition coefficient (Wildman–Crippen LogP) is 5.39. The number of aromatic carboxylic acids is 1. The van der Waals surface area contributed by atoms with Crippen LogP contribution in [0.5, 0.6) is 0 Å². The van der Waals surface area contributed by atoms with Crippen LogP contribution in [0.15, 0.2) is 88.3 Å². The molecule has 0 saturated carbocycles. The van der Waals surface area contributed by atoms with Gasteiger partial charge in [0.25, 0.3) is 0 Å². The summed E-state index contributed by atoms with van der Waals surface area (Å²) in [6.07, 6.45) is 1.09. The molecule has 1 aromatic heterocycles. The van der Waals surface area contributed by atoms with E-state index in [1.54, 1.807) is 11.0 Å². The Morgan fingerprint density at radius 3 is 2.15 bits per heavy atom. The number of benzene rings is 4. The zero-order valence-corrected chi connectivity index (χ0v) is 27.1. The molecule has 1 aliphatic rings. The summed E-state index contributed by atoms with van der Waals surface area (Å²) in [4.78, 5) is 37.1. The third kappa shape index (κ3) is 5.59. The number of aromatic nitrogens is 1. The van der Waals surface area contributed by atoms with Gasteiger partial charge in [0.05, 0.1) is 0 Å². The molecular formula is C34H23N4O6STe+. The molecule has 10 nitrogen and oxygen atoms in total. The molecule has 4 aromatic carbocycles. The minimum absolute atomic E-state index is 0.0247. The van der Waals surface area contributed by atoms with Gasteiger partial charge in [0.1, 0.15) is 0 Å². The van der Waals surface area contributed by atoms with E-state index in [4.69, 9.17) is 0 Å². The quantitative estimate of drug-likeness (QED) is 0.0771. The summed E-state index contributed by atoms with van der Waals surface area (Å²) < 4.78 is 3.69. The van der Waals surface area contributed by atoms with Gasteiger partial charge in [-0.15, -0.1) is 0 Å². The van der Waals surface area contributed by atoms with Crippen molar-refractivity contribution in [2.75, 3.05) is 11.4 Å². The van der Waals surface area contributed by atoms with Gasteiger partial charge >= 0.3 is 277 Å². The molecule has 46 heavy (non-hydrogen) atoms. The molecule has 6 rings (SSSR count). The van der Waals surface area contributed by atoms with E-state index >= 15 is 0 Å². The molecule has 0 atom stereocenters. The van der Waals surface area contributed by atoms with E-state index in [0.717, 1.165) is 42.2 Å². The molecule has 12 heteroatoms. The fourth-order valence-corrected chi connectivity index (χ4v) is 10.5. The van der Waals surface area contributed by atoms with Crippen molar-refractivity contribution in [1.29, 1.82) is 10.5 Å². The summed E-state index contributed by atoms with van der Waals surface area (Å²) in [5, 5.41) is 53.9. The van der Waals surface area contributed by atoms with Gasteiger partial charge in [0.2, 0.25) is 0 Å². The van der Waals surface area contributed by atoms with E-state index in [1.807, 2.05) is 47.0 Å². The van der Waals surface area contributed by atoms with Crippen molar-refractivity contribution in [2.45, 2.75) is 24.3 Å². The van der Waals surface area contributed by atoms with Gasteiger partial charge in [-0.3, -0.25) is 0 Å². The Morgan fingerprint density at radius 1 is 0.870 bits per heavy atom. The van der Waals surface area contributed by atoms with Crippen molar-refractivity contribution < 1.29 is 34.3 Å². The molecular weight excluding hydrogens is 720 g/mol. The number of hydrogen-bond acceptors (Lipinski definition) is 7. The van der Waals surface area contributed by atoms with Gasteiger partial charge in [-0.2, -0.15) is 0 Å².